The molecule has 1 aromatic heterocycles. The number of halogens is 2. The SMILES string of the molecule is O=c1cc(-c2cccc(Br)c2)oc2ccc(F)cc12. The van der Waals surface area contributed by atoms with Crippen LogP contribution < -0.4 is 5.43 Å². The van der Waals surface area contributed by atoms with Gasteiger partial charge in [0.2, 0.25) is 0 Å². The molecule has 0 aliphatic carbocycles. The molecule has 2 aromatic carbocycles. The van der Waals surface area contributed by atoms with E-state index in [1.807, 2.05) is 24.3 Å². The third kappa shape index (κ3) is 2.31. The molecule has 0 N–H and O–H groups in total. The second-order valence-electron chi connectivity index (χ2n) is 4.13. The Balaban J connectivity index is 2.27. The number of hydrogen-bond acceptors (Lipinski definition) is 2. The van der Waals surface area contributed by atoms with Gasteiger partial charge in [-0.1, -0.05) is 28.1 Å². The maximum absolute atomic E-state index is 13.1. The highest BCUT2D eigenvalue weighted by Crippen LogP contribution is 2.24. The van der Waals surface area contributed by atoms with Crippen LogP contribution in [0.4, 0.5) is 4.39 Å². The van der Waals surface area contributed by atoms with Crippen molar-refractivity contribution in [2.45, 2.75) is 0 Å². The van der Waals surface area contributed by atoms with Crippen molar-refractivity contribution in [3.63, 3.8) is 0 Å². The topological polar surface area (TPSA) is 30.2 Å². The molecule has 0 spiro atoms. The molecular weight excluding hydrogens is 311 g/mol. The Morgan fingerprint density at radius 3 is 2.68 bits per heavy atom. The summed E-state index contributed by atoms with van der Waals surface area (Å²) < 4.78 is 19.7. The predicted octanol–water partition coefficient (Wildman–Crippen LogP) is 4.36. The first-order chi connectivity index (χ1) is 9.13. The van der Waals surface area contributed by atoms with Gasteiger partial charge in [0.25, 0.3) is 0 Å². The van der Waals surface area contributed by atoms with Crippen molar-refractivity contribution in [1.82, 2.24) is 0 Å². The van der Waals surface area contributed by atoms with Gasteiger partial charge in [-0.25, -0.2) is 4.39 Å². The minimum absolute atomic E-state index is 0.249. The van der Waals surface area contributed by atoms with Gasteiger partial charge in [0.05, 0.1) is 5.39 Å². The Morgan fingerprint density at radius 2 is 1.89 bits per heavy atom. The molecule has 0 atom stereocenters. The second-order valence-corrected chi connectivity index (χ2v) is 5.04. The second kappa shape index (κ2) is 4.63. The summed E-state index contributed by atoms with van der Waals surface area (Å²) in [5, 5.41) is 0.249. The van der Waals surface area contributed by atoms with Crippen LogP contribution >= 0.6 is 15.9 Å². The average molecular weight is 319 g/mol. The number of fused-ring (bicyclic) bond motifs is 1. The summed E-state index contributed by atoms with van der Waals surface area (Å²) >= 11 is 3.37. The smallest absolute Gasteiger partial charge is 0.193 e. The zero-order chi connectivity index (χ0) is 13.4. The van der Waals surface area contributed by atoms with Crippen LogP contribution in [0.1, 0.15) is 0 Å². The lowest BCUT2D eigenvalue weighted by molar-refractivity contribution is 0.608. The molecule has 3 aromatic rings. The van der Waals surface area contributed by atoms with Crippen LogP contribution in [0, 0.1) is 5.82 Å². The van der Waals surface area contributed by atoms with E-state index in [0.717, 1.165) is 10.0 Å². The van der Waals surface area contributed by atoms with Gasteiger partial charge in [-0.3, -0.25) is 4.79 Å². The van der Waals surface area contributed by atoms with Gasteiger partial charge in [-0.2, -0.15) is 0 Å². The summed E-state index contributed by atoms with van der Waals surface area (Å²) in [7, 11) is 0. The van der Waals surface area contributed by atoms with E-state index in [-0.39, 0.29) is 10.8 Å². The average Bonchev–Trinajstić information content (AvgIpc) is 2.39. The van der Waals surface area contributed by atoms with Gasteiger partial charge in [0.15, 0.2) is 5.43 Å². The molecule has 0 saturated heterocycles. The highest BCUT2D eigenvalue weighted by atomic mass is 79.9. The van der Waals surface area contributed by atoms with Crippen molar-refractivity contribution in [1.29, 1.82) is 0 Å². The molecule has 0 saturated carbocycles. The fourth-order valence-electron chi connectivity index (χ4n) is 1.91. The molecule has 0 fully saturated rings. The van der Waals surface area contributed by atoms with E-state index in [1.54, 1.807) is 0 Å². The summed E-state index contributed by atoms with van der Waals surface area (Å²) in [5.41, 5.74) is 0.914. The van der Waals surface area contributed by atoms with E-state index in [0.29, 0.717) is 11.3 Å². The standard InChI is InChI=1S/C15H8BrFO2/c16-10-3-1-2-9(6-10)15-8-13(18)12-7-11(17)4-5-14(12)19-15/h1-8H. The summed E-state index contributed by atoms with van der Waals surface area (Å²) in [6.45, 7) is 0. The van der Waals surface area contributed by atoms with E-state index in [1.165, 1.54) is 24.3 Å². The van der Waals surface area contributed by atoms with Crippen molar-refractivity contribution in [2.75, 3.05) is 0 Å². The van der Waals surface area contributed by atoms with Crippen LogP contribution in [0.5, 0.6) is 0 Å². The van der Waals surface area contributed by atoms with Gasteiger partial charge < -0.3 is 4.42 Å². The summed E-state index contributed by atoms with van der Waals surface area (Å²) in [4.78, 5) is 12.0. The fraction of sp³-hybridized carbons (Fsp3) is 0. The molecule has 94 valence electrons. The molecule has 0 radical (unpaired) electrons. The molecule has 19 heavy (non-hydrogen) atoms. The number of benzene rings is 2. The largest absolute Gasteiger partial charge is 0.456 e. The Labute approximate surface area is 116 Å². The van der Waals surface area contributed by atoms with Crippen LogP contribution in [0.15, 0.2) is 62.2 Å². The quantitative estimate of drug-likeness (QED) is 0.667. The van der Waals surface area contributed by atoms with Crippen LogP contribution in [-0.4, -0.2) is 0 Å². The van der Waals surface area contributed by atoms with Gasteiger partial charge in [0.1, 0.15) is 17.2 Å². The molecular formula is C15H8BrFO2. The first-order valence-corrected chi connectivity index (χ1v) is 6.42. The van der Waals surface area contributed by atoms with Crippen LogP contribution in [-0.2, 0) is 0 Å². The Morgan fingerprint density at radius 1 is 1.05 bits per heavy atom. The maximum Gasteiger partial charge on any atom is 0.193 e. The zero-order valence-electron chi connectivity index (χ0n) is 9.69. The molecule has 0 aliphatic rings. The van der Waals surface area contributed by atoms with E-state index >= 15 is 0 Å². The minimum Gasteiger partial charge on any atom is -0.456 e. The van der Waals surface area contributed by atoms with Crippen molar-refractivity contribution < 1.29 is 8.81 Å². The molecule has 0 aliphatic heterocycles. The molecule has 3 rings (SSSR count). The highest BCUT2D eigenvalue weighted by molar-refractivity contribution is 9.10. The molecule has 2 nitrogen and oxygen atoms in total. The Kier molecular flexibility index (Phi) is 2.95. The van der Waals surface area contributed by atoms with Crippen LogP contribution in [0.25, 0.3) is 22.3 Å². The Hall–Kier alpha value is -1.94. The molecule has 0 amide bonds. The Bertz CT molecular complexity index is 824. The lowest BCUT2D eigenvalue weighted by atomic mass is 10.1. The minimum atomic E-state index is -0.449. The molecule has 0 bridgehead atoms. The van der Waals surface area contributed by atoms with E-state index in [4.69, 9.17) is 4.42 Å². The maximum atomic E-state index is 13.1. The van der Waals surface area contributed by atoms with E-state index in [9.17, 15) is 9.18 Å². The van der Waals surface area contributed by atoms with E-state index in [2.05, 4.69) is 15.9 Å². The van der Waals surface area contributed by atoms with Crippen LogP contribution in [0.2, 0.25) is 0 Å². The van der Waals surface area contributed by atoms with Gasteiger partial charge >= 0.3 is 0 Å². The predicted molar refractivity (Wildman–Crippen MR) is 75.6 cm³/mol. The zero-order valence-corrected chi connectivity index (χ0v) is 11.3. The van der Waals surface area contributed by atoms with Gasteiger partial charge in [-0.15, -0.1) is 0 Å². The molecule has 1 heterocycles. The lowest BCUT2D eigenvalue weighted by Crippen LogP contribution is -2.00. The normalized spacial score (nSPS) is 10.8. The van der Waals surface area contributed by atoms with Crippen molar-refractivity contribution in [3.05, 3.63) is 69.0 Å². The van der Waals surface area contributed by atoms with E-state index < -0.39 is 5.82 Å². The fourth-order valence-corrected chi connectivity index (χ4v) is 2.31. The third-order valence-corrected chi connectivity index (χ3v) is 3.29. The van der Waals surface area contributed by atoms with Gasteiger partial charge in [0, 0.05) is 16.1 Å². The van der Waals surface area contributed by atoms with Crippen molar-refractivity contribution >= 4 is 26.9 Å². The summed E-state index contributed by atoms with van der Waals surface area (Å²) in [6.07, 6.45) is 0. The molecule has 0 unspecified atom stereocenters. The number of hydrogen-bond donors (Lipinski definition) is 0. The summed E-state index contributed by atoms with van der Waals surface area (Å²) in [6, 6.07) is 12.7. The third-order valence-electron chi connectivity index (χ3n) is 2.80. The number of rotatable bonds is 1. The monoisotopic (exact) mass is 318 g/mol. The van der Waals surface area contributed by atoms with Crippen molar-refractivity contribution in [3.8, 4) is 11.3 Å². The lowest BCUT2D eigenvalue weighted by Gasteiger charge is -2.03. The first-order valence-electron chi connectivity index (χ1n) is 5.63. The first kappa shape index (κ1) is 12.1. The highest BCUT2D eigenvalue weighted by Gasteiger charge is 2.08. The summed E-state index contributed by atoms with van der Waals surface area (Å²) in [5.74, 6) is 0.0143. The van der Waals surface area contributed by atoms with Crippen molar-refractivity contribution in [2.24, 2.45) is 0 Å². The van der Waals surface area contributed by atoms with Gasteiger partial charge in [-0.05, 0) is 30.3 Å². The molecule has 4 heteroatoms. The van der Waals surface area contributed by atoms with Crippen LogP contribution in [0.3, 0.4) is 0 Å².